The normalized spacial score (nSPS) is 34.3. The molecule has 2 heteroatoms. The minimum absolute atomic E-state index is 0.0372. The summed E-state index contributed by atoms with van der Waals surface area (Å²) in [6.45, 7) is 6.01. The van der Waals surface area contributed by atoms with E-state index in [9.17, 15) is 4.79 Å². The Labute approximate surface area is 73.6 Å². The Kier molecular flexibility index (Phi) is 2.23. The summed E-state index contributed by atoms with van der Waals surface area (Å²) in [6, 6.07) is 2.31. The number of nitrogens with zero attached hydrogens (tertiary/aromatic N) is 1. The molecule has 1 saturated carbocycles. The van der Waals surface area contributed by atoms with Crippen molar-refractivity contribution in [2.45, 2.75) is 33.6 Å². The van der Waals surface area contributed by atoms with Gasteiger partial charge in [-0.25, -0.2) is 0 Å². The van der Waals surface area contributed by atoms with Crippen molar-refractivity contribution in [3.05, 3.63) is 0 Å². The topological polar surface area (TPSA) is 40.9 Å². The molecule has 0 saturated heterocycles. The molecule has 12 heavy (non-hydrogen) atoms. The minimum Gasteiger partial charge on any atom is -0.300 e. The van der Waals surface area contributed by atoms with Gasteiger partial charge in [-0.05, 0) is 11.3 Å². The lowest BCUT2D eigenvalue weighted by Crippen LogP contribution is -2.36. The molecular formula is C10H15NO. The van der Waals surface area contributed by atoms with Crippen LogP contribution in [0.3, 0.4) is 0 Å². The fourth-order valence-corrected chi connectivity index (χ4v) is 2.24. The Morgan fingerprint density at radius 3 is 2.58 bits per heavy atom. The molecule has 0 spiro atoms. The Balaban J connectivity index is 2.87. The molecule has 2 unspecified atom stereocenters. The first kappa shape index (κ1) is 9.25. The zero-order chi connectivity index (χ0) is 9.35. The Hall–Kier alpha value is -0.840. The predicted molar refractivity (Wildman–Crippen MR) is 46.3 cm³/mol. The van der Waals surface area contributed by atoms with E-state index in [0.29, 0.717) is 18.6 Å². The number of rotatable bonds is 0. The molecule has 1 rings (SSSR count). The standard InChI is InChI=1S/C10H15NO/c1-7-4-8(12)5-10(2,3)9(7)6-11/h7,9H,4-5H2,1-3H3. The van der Waals surface area contributed by atoms with Gasteiger partial charge in [0.2, 0.25) is 0 Å². The highest BCUT2D eigenvalue weighted by Gasteiger charge is 2.40. The lowest BCUT2D eigenvalue weighted by Gasteiger charge is -2.37. The number of carbonyl (C=O) groups is 1. The lowest BCUT2D eigenvalue weighted by atomic mass is 9.64. The molecule has 2 nitrogen and oxygen atoms in total. The monoisotopic (exact) mass is 165 g/mol. The van der Waals surface area contributed by atoms with Gasteiger partial charge in [-0.1, -0.05) is 20.8 Å². The third-order valence-corrected chi connectivity index (χ3v) is 2.75. The van der Waals surface area contributed by atoms with E-state index < -0.39 is 0 Å². The van der Waals surface area contributed by atoms with Crippen LogP contribution >= 0.6 is 0 Å². The number of nitriles is 1. The molecule has 1 aliphatic rings. The van der Waals surface area contributed by atoms with E-state index in [4.69, 9.17) is 5.26 Å². The van der Waals surface area contributed by atoms with E-state index >= 15 is 0 Å². The van der Waals surface area contributed by atoms with Crippen molar-refractivity contribution in [2.24, 2.45) is 17.3 Å². The third kappa shape index (κ3) is 1.50. The van der Waals surface area contributed by atoms with E-state index in [-0.39, 0.29) is 17.3 Å². The largest absolute Gasteiger partial charge is 0.300 e. The van der Waals surface area contributed by atoms with Crippen LogP contribution in [0.5, 0.6) is 0 Å². The molecular weight excluding hydrogens is 150 g/mol. The van der Waals surface area contributed by atoms with Crippen LogP contribution in [-0.2, 0) is 4.79 Å². The van der Waals surface area contributed by atoms with Crippen molar-refractivity contribution < 1.29 is 4.79 Å². The molecule has 1 aliphatic carbocycles. The van der Waals surface area contributed by atoms with Gasteiger partial charge >= 0.3 is 0 Å². The summed E-state index contributed by atoms with van der Waals surface area (Å²) in [5.74, 6) is 0.570. The number of ketones is 1. The molecule has 0 aromatic carbocycles. The molecule has 2 atom stereocenters. The molecule has 0 radical (unpaired) electrons. The summed E-state index contributed by atoms with van der Waals surface area (Å²) < 4.78 is 0. The van der Waals surface area contributed by atoms with E-state index in [1.807, 2.05) is 20.8 Å². The van der Waals surface area contributed by atoms with E-state index in [2.05, 4.69) is 6.07 Å². The van der Waals surface area contributed by atoms with Gasteiger partial charge in [-0.15, -0.1) is 0 Å². The number of hydrogen-bond donors (Lipinski definition) is 0. The molecule has 0 bridgehead atoms. The van der Waals surface area contributed by atoms with Crippen LogP contribution in [0, 0.1) is 28.6 Å². The van der Waals surface area contributed by atoms with Gasteiger partial charge in [0.05, 0.1) is 12.0 Å². The highest BCUT2D eigenvalue weighted by molar-refractivity contribution is 5.80. The highest BCUT2D eigenvalue weighted by atomic mass is 16.1. The molecule has 0 aromatic heterocycles. The smallest absolute Gasteiger partial charge is 0.133 e. The van der Waals surface area contributed by atoms with Crippen LogP contribution in [0.4, 0.5) is 0 Å². The van der Waals surface area contributed by atoms with Crippen molar-refractivity contribution in [1.82, 2.24) is 0 Å². The SMILES string of the molecule is CC1CC(=O)CC(C)(C)C1C#N. The average Bonchev–Trinajstić information content (AvgIpc) is 1.82. The van der Waals surface area contributed by atoms with Crippen LogP contribution in [0.15, 0.2) is 0 Å². The lowest BCUT2D eigenvalue weighted by molar-refractivity contribution is -0.126. The summed E-state index contributed by atoms with van der Waals surface area (Å²) in [5.41, 5.74) is -0.122. The third-order valence-electron chi connectivity index (χ3n) is 2.75. The molecule has 0 heterocycles. The van der Waals surface area contributed by atoms with Crippen molar-refractivity contribution in [3.63, 3.8) is 0 Å². The van der Waals surface area contributed by atoms with Gasteiger partial charge < -0.3 is 0 Å². The maximum Gasteiger partial charge on any atom is 0.133 e. The number of hydrogen-bond acceptors (Lipinski definition) is 2. The van der Waals surface area contributed by atoms with E-state index in [1.54, 1.807) is 0 Å². The predicted octanol–water partition coefficient (Wildman–Crippen LogP) is 2.15. The fraction of sp³-hybridized carbons (Fsp3) is 0.800. The van der Waals surface area contributed by atoms with Crippen LogP contribution in [0.25, 0.3) is 0 Å². The second-order valence-electron chi connectivity index (χ2n) is 4.49. The Morgan fingerprint density at radius 2 is 2.17 bits per heavy atom. The molecule has 0 amide bonds. The zero-order valence-corrected chi connectivity index (χ0v) is 7.92. The highest BCUT2D eigenvalue weighted by Crippen LogP contribution is 2.41. The first-order valence-electron chi connectivity index (χ1n) is 4.38. The summed E-state index contributed by atoms with van der Waals surface area (Å²) in [7, 11) is 0. The maximum atomic E-state index is 11.2. The van der Waals surface area contributed by atoms with Gasteiger partial charge in [-0.2, -0.15) is 5.26 Å². The first-order chi connectivity index (χ1) is 5.47. The van der Waals surface area contributed by atoms with Crippen LogP contribution in [0.2, 0.25) is 0 Å². The van der Waals surface area contributed by atoms with Crippen LogP contribution < -0.4 is 0 Å². The maximum absolute atomic E-state index is 11.2. The second-order valence-corrected chi connectivity index (χ2v) is 4.49. The average molecular weight is 165 g/mol. The first-order valence-corrected chi connectivity index (χ1v) is 4.38. The van der Waals surface area contributed by atoms with Gasteiger partial charge in [0.15, 0.2) is 0 Å². The van der Waals surface area contributed by atoms with Crippen molar-refractivity contribution in [2.75, 3.05) is 0 Å². The van der Waals surface area contributed by atoms with Crippen molar-refractivity contribution >= 4 is 5.78 Å². The fourth-order valence-electron chi connectivity index (χ4n) is 2.24. The zero-order valence-electron chi connectivity index (χ0n) is 7.92. The summed E-state index contributed by atoms with van der Waals surface area (Å²) in [4.78, 5) is 11.2. The van der Waals surface area contributed by atoms with Gasteiger partial charge in [0.1, 0.15) is 5.78 Å². The molecule has 1 fully saturated rings. The number of Topliss-reactive ketones (excluding diaryl/α,β-unsaturated/α-hetero) is 1. The van der Waals surface area contributed by atoms with Gasteiger partial charge in [0.25, 0.3) is 0 Å². The summed E-state index contributed by atoms with van der Waals surface area (Å²) in [6.07, 6.45) is 1.15. The van der Waals surface area contributed by atoms with Gasteiger partial charge in [0, 0.05) is 12.8 Å². The molecule has 0 aliphatic heterocycles. The molecule has 0 aromatic rings. The molecule has 66 valence electrons. The Bertz CT molecular complexity index is 237. The van der Waals surface area contributed by atoms with E-state index in [1.165, 1.54) is 0 Å². The van der Waals surface area contributed by atoms with E-state index in [0.717, 1.165) is 0 Å². The quantitative estimate of drug-likeness (QED) is 0.551. The minimum atomic E-state index is -0.122. The van der Waals surface area contributed by atoms with Crippen molar-refractivity contribution in [3.8, 4) is 6.07 Å². The summed E-state index contributed by atoms with van der Waals surface area (Å²) in [5, 5.41) is 8.92. The second kappa shape index (κ2) is 2.90. The van der Waals surface area contributed by atoms with Crippen LogP contribution in [-0.4, -0.2) is 5.78 Å². The number of carbonyl (C=O) groups excluding carboxylic acids is 1. The Morgan fingerprint density at radius 1 is 1.58 bits per heavy atom. The van der Waals surface area contributed by atoms with Gasteiger partial charge in [-0.3, -0.25) is 4.79 Å². The van der Waals surface area contributed by atoms with Crippen LogP contribution in [0.1, 0.15) is 33.6 Å². The molecule has 0 N–H and O–H groups in total. The van der Waals surface area contributed by atoms with Crippen molar-refractivity contribution in [1.29, 1.82) is 5.26 Å². The summed E-state index contributed by atoms with van der Waals surface area (Å²) >= 11 is 0.